The van der Waals surface area contributed by atoms with Crippen LogP contribution in [0.1, 0.15) is 46.2 Å². The second kappa shape index (κ2) is 9.32. The van der Waals surface area contributed by atoms with Crippen LogP contribution in [0, 0.1) is 13.8 Å². The number of amides is 1. The number of aryl methyl sites for hydroxylation is 3. The molecule has 0 aliphatic rings. The Labute approximate surface area is 199 Å². The molecule has 0 atom stereocenters. The number of rotatable bonds is 6. The number of nitrogens with one attached hydrogen (secondary N) is 1. The molecule has 4 rings (SSSR count). The highest BCUT2D eigenvalue weighted by Gasteiger charge is 2.31. The molecule has 0 saturated heterocycles. The third kappa shape index (κ3) is 5.08. The largest absolute Gasteiger partial charge is 0.416 e. The van der Waals surface area contributed by atoms with Gasteiger partial charge in [-0.05, 0) is 50.1 Å². The van der Waals surface area contributed by atoms with Crippen LogP contribution in [0.4, 0.5) is 18.9 Å². The van der Waals surface area contributed by atoms with Crippen molar-refractivity contribution in [1.29, 1.82) is 0 Å². The minimum absolute atomic E-state index is 0.0745. The van der Waals surface area contributed by atoms with Gasteiger partial charge < -0.3 is 5.32 Å². The van der Waals surface area contributed by atoms with Crippen LogP contribution < -0.4 is 5.32 Å². The number of pyridine rings is 1. The van der Waals surface area contributed by atoms with Crippen molar-refractivity contribution in [1.82, 2.24) is 29.8 Å². The van der Waals surface area contributed by atoms with Crippen LogP contribution in [-0.2, 0) is 19.6 Å². The third-order valence-electron chi connectivity index (χ3n) is 5.69. The molecule has 1 aromatic carbocycles. The zero-order chi connectivity index (χ0) is 25.3. The quantitative estimate of drug-likeness (QED) is 0.421. The summed E-state index contributed by atoms with van der Waals surface area (Å²) in [6.45, 7) is 5.56. The van der Waals surface area contributed by atoms with Crippen molar-refractivity contribution < 1.29 is 18.0 Å². The number of carbonyl (C=O) groups excluding carboxylic acids is 1. The lowest BCUT2D eigenvalue weighted by Crippen LogP contribution is -2.15. The van der Waals surface area contributed by atoms with Crippen molar-refractivity contribution >= 4 is 11.6 Å². The topological polar surface area (TPSA) is 90.5 Å². The summed E-state index contributed by atoms with van der Waals surface area (Å²) in [6.07, 6.45) is 1.41. The average molecular weight is 483 g/mol. The van der Waals surface area contributed by atoms with E-state index >= 15 is 0 Å². The van der Waals surface area contributed by atoms with Crippen molar-refractivity contribution in [3.05, 3.63) is 70.9 Å². The van der Waals surface area contributed by atoms with Gasteiger partial charge in [-0.1, -0.05) is 18.6 Å². The molecule has 35 heavy (non-hydrogen) atoms. The first-order valence-corrected chi connectivity index (χ1v) is 11.0. The molecule has 1 N–H and O–H groups in total. The van der Waals surface area contributed by atoms with E-state index in [2.05, 4.69) is 25.7 Å². The van der Waals surface area contributed by atoms with Crippen molar-refractivity contribution in [2.45, 2.75) is 39.8 Å². The Hall–Kier alpha value is -4.02. The molecule has 0 aliphatic heterocycles. The molecule has 0 bridgehead atoms. The minimum Gasteiger partial charge on any atom is -0.322 e. The number of aromatic nitrogens is 6. The first kappa shape index (κ1) is 24.1. The van der Waals surface area contributed by atoms with Crippen LogP contribution in [0.5, 0.6) is 0 Å². The number of benzene rings is 1. The van der Waals surface area contributed by atoms with Gasteiger partial charge in [0.1, 0.15) is 5.69 Å². The molecule has 11 heteroatoms. The van der Waals surface area contributed by atoms with Gasteiger partial charge in [-0.2, -0.15) is 18.3 Å². The molecule has 0 unspecified atom stereocenters. The van der Waals surface area contributed by atoms with Crippen molar-refractivity contribution in [2.75, 3.05) is 5.32 Å². The van der Waals surface area contributed by atoms with Crippen LogP contribution in [-0.4, -0.2) is 35.7 Å². The second-order valence-corrected chi connectivity index (χ2v) is 8.26. The summed E-state index contributed by atoms with van der Waals surface area (Å²) in [6, 6.07) is 5.17. The molecule has 0 aliphatic carbocycles. The molecular weight excluding hydrogens is 459 g/mol. The van der Waals surface area contributed by atoms with Gasteiger partial charge in [-0.3, -0.25) is 14.5 Å². The van der Waals surface area contributed by atoms with E-state index in [0.717, 1.165) is 23.4 Å². The second-order valence-electron chi connectivity index (χ2n) is 8.26. The lowest BCUT2D eigenvalue weighted by Gasteiger charge is -2.13. The number of alkyl halides is 3. The van der Waals surface area contributed by atoms with Gasteiger partial charge in [0.15, 0.2) is 0 Å². The maximum Gasteiger partial charge on any atom is 0.416 e. The molecule has 0 saturated carbocycles. The van der Waals surface area contributed by atoms with E-state index < -0.39 is 17.6 Å². The molecule has 182 valence electrons. The fraction of sp³-hybridized carbons (Fsp3) is 0.292. The van der Waals surface area contributed by atoms with E-state index in [4.69, 9.17) is 0 Å². The van der Waals surface area contributed by atoms with Crippen molar-refractivity contribution in [3.8, 4) is 16.9 Å². The molecule has 4 aromatic rings. The highest BCUT2D eigenvalue weighted by atomic mass is 19.4. The highest BCUT2D eigenvalue weighted by Crippen LogP contribution is 2.32. The van der Waals surface area contributed by atoms with Crippen molar-refractivity contribution in [2.24, 2.45) is 7.05 Å². The lowest BCUT2D eigenvalue weighted by atomic mass is 10.0. The molecule has 3 aromatic heterocycles. The van der Waals surface area contributed by atoms with E-state index in [1.807, 2.05) is 20.9 Å². The van der Waals surface area contributed by atoms with Crippen LogP contribution in [0.2, 0.25) is 0 Å². The van der Waals surface area contributed by atoms with E-state index in [-0.39, 0.29) is 11.3 Å². The van der Waals surface area contributed by atoms with E-state index in [0.29, 0.717) is 35.5 Å². The number of nitrogens with zero attached hydrogens (tertiary/aromatic N) is 6. The number of hydrogen-bond acceptors (Lipinski definition) is 5. The van der Waals surface area contributed by atoms with Gasteiger partial charge in [0.25, 0.3) is 5.91 Å². The Morgan fingerprint density at radius 2 is 1.89 bits per heavy atom. The van der Waals surface area contributed by atoms with Crippen LogP contribution >= 0.6 is 0 Å². The predicted molar refractivity (Wildman–Crippen MR) is 124 cm³/mol. The normalized spacial score (nSPS) is 11.6. The number of hydrogen-bond donors (Lipinski definition) is 1. The molecule has 0 spiro atoms. The summed E-state index contributed by atoms with van der Waals surface area (Å²) in [5.41, 5.74) is 3.43. The summed E-state index contributed by atoms with van der Waals surface area (Å²) in [4.78, 5) is 17.2. The Morgan fingerprint density at radius 1 is 1.11 bits per heavy atom. The molecular formula is C24H24F3N7O. The molecule has 0 radical (unpaired) electrons. The molecule has 1 amide bonds. The van der Waals surface area contributed by atoms with Gasteiger partial charge in [0.05, 0.1) is 34.9 Å². The zero-order valence-corrected chi connectivity index (χ0v) is 19.7. The highest BCUT2D eigenvalue weighted by molar-refractivity contribution is 6.04. The number of carbonyl (C=O) groups is 1. The van der Waals surface area contributed by atoms with Gasteiger partial charge >= 0.3 is 6.18 Å². The van der Waals surface area contributed by atoms with Crippen LogP contribution in [0.25, 0.3) is 16.9 Å². The summed E-state index contributed by atoms with van der Waals surface area (Å²) in [5, 5.41) is 15.2. The first-order valence-electron chi connectivity index (χ1n) is 11.0. The van der Waals surface area contributed by atoms with Crippen LogP contribution in [0.15, 0.2) is 42.9 Å². The van der Waals surface area contributed by atoms with E-state index in [1.165, 1.54) is 10.9 Å². The molecule has 0 fully saturated rings. The Morgan fingerprint density at radius 3 is 2.54 bits per heavy atom. The van der Waals surface area contributed by atoms with Gasteiger partial charge in [-0.25, -0.2) is 4.68 Å². The molecule has 8 nitrogen and oxygen atoms in total. The average Bonchev–Trinajstić information content (AvgIpc) is 3.40. The Kier molecular flexibility index (Phi) is 6.42. The fourth-order valence-corrected chi connectivity index (χ4v) is 3.70. The van der Waals surface area contributed by atoms with E-state index in [9.17, 15) is 18.0 Å². The number of anilines is 1. The van der Waals surface area contributed by atoms with Crippen molar-refractivity contribution in [3.63, 3.8) is 0 Å². The third-order valence-corrected chi connectivity index (χ3v) is 5.69. The lowest BCUT2D eigenvalue weighted by molar-refractivity contribution is -0.137. The SMILES string of the molecule is CCCc1cc(NC(=O)c2cnc(C)c(-n3cc(-c4cnn(C)c4C)nn3)c2)cc(C(F)(F)F)c1. The van der Waals surface area contributed by atoms with Crippen LogP contribution in [0.3, 0.4) is 0 Å². The standard InChI is InChI=1S/C24H24F3N7O/c1-5-6-16-7-18(24(25,26)27)10-19(8-16)30-23(35)17-9-22(14(2)28-11-17)34-13-21(31-32-34)20-12-29-33(4)15(20)3/h7-13H,5-6H2,1-4H3,(H,30,35). The maximum atomic E-state index is 13.3. The Balaban J connectivity index is 1.63. The van der Waals surface area contributed by atoms with E-state index in [1.54, 1.807) is 36.1 Å². The zero-order valence-electron chi connectivity index (χ0n) is 19.7. The maximum absolute atomic E-state index is 13.3. The number of halogens is 3. The molecule has 3 heterocycles. The van der Waals surface area contributed by atoms with Gasteiger partial charge in [0.2, 0.25) is 0 Å². The predicted octanol–water partition coefficient (Wildman–Crippen LogP) is 4.90. The summed E-state index contributed by atoms with van der Waals surface area (Å²) >= 11 is 0. The summed E-state index contributed by atoms with van der Waals surface area (Å²) in [7, 11) is 1.83. The summed E-state index contributed by atoms with van der Waals surface area (Å²) < 4.78 is 43.3. The van der Waals surface area contributed by atoms with Gasteiger partial charge in [-0.15, -0.1) is 5.10 Å². The minimum atomic E-state index is -4.51. The fourth-order valence-electron chi connectivity index (χ4n) is 3.70. The monoisotopic (exact) mass is 483 g/mol. The van der Waals surface area contributed by atoms with Gasteiger partial charge in [0, 0.05) is 30.2 Å². The smallest absolute Gasteiger partial charge is 0.322 e. The first-order chi connectivity index (χ1) is 16.6. The Bertz CT molecular complexity index is 1390. The summed E-state index contributed by atoms with van der Waals surface area (Å²) in [5.74, 6) is -0.580.